The first-order chi connectivity index (χ1) is 11.4. The number of carbonyl (C=O) groups is 1. The summed E-state index contributed by atoms with van der Waals surface area (Å²) in [6.45, 7) is 1.51. The molecule has 132 valence electrons. The van der Waals surface area contributed by atoms with Crippen LogP contribution in [-0.2, 0) is 4.74 Å². The number of anilines is 1. The van der Waals surface area contributed by atoms with Crippen LogP contribution in [0.3, 0.4) is 0 Å². The maximum absolute atomic E-state index is 12.7. The Bertz CT molecular complexity index is 579. The molecule has 2 fully saturated rings. The van der Waals surface area contributed by atoms with Gasteiger partial charge >= 0.3 is 0 Å². The molecule has 2 aliphatic rings. The number of piperidine rings is 1. The lowest BCUT2D eigenvalue weighted by Gasteiger charge is -2.48. The standard InChI is InChI=1S/C18H26N2O4/c1-19(2)14-5-3-13(4-6-14)17(23)20-10-8-18(9-11-20)16(22)15(21)7-12-24-18/h3-6,15-16,21-22H,7-12H2,1-2H3/t15-,16-/m0/s1. The van der Waals surface area contributed by atoms with Crippen molar-refractivity contribution in [3.05, 3.63) is 29.8 Å². The van der Waals surface area contributed by atoms with Crippen molar-refractivity contribution in [1.29, 1.82) is 0 Å². The van der Waals surface area contributed by atoms with Gasteiger partial charge in [-0.05, 0) is 43.5 Å². The lowest BCUT2D eigenvalue weighted by molar-refractivity contribution is -0.212. The number of hydrogen-bond acceptors (Lipinski definition) is 5. The normalized spacial score (nSPS) is 26.4. The fraction of sp³-hybridized carbons (Fsp3) is 0.611. The topological polar surface area (TPSA) is 73.2 Å². The first-order valence-corrected chi connectivity index (χ1v) is 8.50. The summed E-state index contributed by atoms with van der Waals surface area (Å²) < 4.78 is 5.81. The van der Waals surface area contributed by atoms with Gasteiger partial charge in [-0.25, -0.2) is 0 Å². The largest absolute Gasteiger partial charge is 0.390 e. The minimum Gasteiger partial charge on any atom is -0.390 e. The van der Waals surface area contributed by atoms with Crippen molar-refractivity contribution in [3.63, 3.8) is 0 Å². The molecular formula is C18H26N2O4. The second-order valence-electron chi connectivity index (χ2n) is 6.95. The van der Waals surface area contributed by atoms with Crippen molar-refractivity contribution in [3.8, 4) is 0 Å². The second-order valence-corrected chi connectivity index (χ2v) is 6.95. The van der Waals surface area contributed by atoms with Crippen molar-refractivity contribution in [1.82, 2.24) is 4.90 Å². The summed E-state index contributed by atoms with van der Waals surface area (Å²) in [6.07, 6.45) is -0.0500. The average Bonchev–Trinajstić information content (AvgIpc) is 2.60. The SMILES string of the molecule is CN(C)c1ccc(C(=O)N2CCC3(CC2)OCC[C@H](O)[C@@H]3O)cc1. The smallest absolute Gasteiger partial charge is 0.253 e. The fourth-order valence-corrected chi connectivity index (χ4v) is 3.59. The highest BCUT2D eigenvalue weighted by Crippen LogP contribution is 2.35. The highest BCUT2D eigenvalue weighted by molar-refractivity contribution is 5.94. The van der Waals surface area contributed by atoms with E-state index in [9.17, 15) is 15.0 Å². The van der Waals surface area contributed by atoms with Gasteiger partial charge in [0.1, 0.15) is 6.10 Å². The van der Waals surface area contributed by atoms with Gasteiger partial charge in [0.05, 0.1) is 18.3 Å². The number of aliphatic hydroxyl groups excluding tert-OH is 2. The maximum atomic E-state index is 12.7. The van der Waals surface area contributed by atoms with Crippen LogP contribution < -0.4 is 4.90 Å². The van der Waals surface area contributed by atoms with Crippen molar-refractivity contribution in [2.75, 3.05) is 38.7 Å². The number of hydrogen-bond donors (Lipinski definition) is 2. The molecule has 2 heterocycles. The third-order valence-corrected chi connectivity index (χ3v) is 5.23. The first kappa shape index (κ1) is 17.2. The van der Waals surface area contributed by atoms with E-state index in [4.69, 9.17) is 4.74 Å². The van der Waals surface area contributed by atoms with Gasteiger partial charge in [0.2, 0.25) is 0 Å². The lowest BCUT2D eigenvalue weighted by atomic mass is 9.80. The van der Waals surface area contributed by atoms with Crippen LogP contribution in [0.2, 0.25) is 0 Å². The number of carbonyl (C=O) groups excluding carboxylic acids is 1. The van der Waals surface area contributed by atoms with E-state index in [2.05, 4.69) is 0 Å². The second kappa shape index (κ2) is 6.70. The third kappa shape index (κ3) is 3.14. The number of benzene rings is 1. The zero-order valence-corrected chi connectivity index (χ0v) is 14.3. The van der Waals surface area contributed by atoms with Gasteiger partial charge in [0, 0.05) is 38.4 Å². The fourth-order valence-electron chi connectivity index (χ4n) is 3.59. The highest BCUT2D eigenvalue weighted by Gasteiger charge is 2.48. The number of rotatable bonds is 2. The first-order valence-electron chi connectivity index (χ1n) is 8.50. The molecule has 0 aliphatic carbocycles. The Labute approximate surface area is 142 Å². The van der Waals surface area contributed by atoms with E-state index in [1.165, 1.54) is 0 Å². The van der Waals surface area contributed by atoms with Crippen LogP contribution in [0.1, 0.15) is 29.6 Å². The zero-order valence-electron chi connectivity index (χ0n) is 14.3. The maximum Gasteiger partial charge on any atom is 0.253 e. The predicted octanol–water partition coefficient (Wildman–Crippen LogP) is 0.869. The van der Waals surface area contributed by atoms with Gasteiger partial charge in [-0.3, -0.25) is 4.79 Å². The van der Waals surface area contributed by atoms with Crippen LogP contribution in [0.4, 0.5) is 5.69 Å². The molecule has 0 unspecified atom stereocenters. The third-order valence-electron chi connectivity index (χ3n) is 5.23. The van der Waals surface area contributed by atoms with Crippen molar-refractivity contribution < 1.29 is 19.7 Å². The van der Waals surface area contributed by atoms with Gasteiger partial charge in [0.25, 0.3) is 5.91 Å². The van der Waals surface area contributed by atoms with Crippen molar-refractivity contribution in [2.24, 2.45) is 0 Å². The average molecular weight is 334 g/mol. The monoisotopic (exact) mass is 334 g/mol. The molecule has 2 N–H and O–H groups in total. The van der Waals surface area contributed by atoms with Gasteiger partial charge in [-0.1, -0.05) is 0 Å². The molecule has 24 heavy (non-hydrogen) atoms. The Hall–Kier alpha value is -1.63. The van der Waals surface area contributed by atoms with E-state index >= 15 is 0 Å². The van der Waals surface area contributed by atoms with Crippen LogP contribution in [0.5, 0.6) is 0 Å². The van der Waals surface area contributed by atoms with Crippen LogP contribution in [0.15, 0.2) is 24.3 Å². The van der Waals surface area contributed by atoms with E-state index < -0.39 is 17.8 Å². The van der Waals surface area contributed by atoms with E-state index in [0.29, 0.717) is 44.5 Å². The van der Waals surface area contributed by atoms with Crippen LogP contribution >= 0.6 is 0 Å². The van der Waals surface area contributed by atoms with Crippen molar-refractivity contribution >= 4 is 11.6 Å². The molecule has 1 spiro atoms. The summed E-state index contributed by atoms with van der Waals surface area (Å²) in [5.74, 6) is 0.000929. The molecule has 2 aliphatic heterocycles. The van der Waals surface area contributed by atoms with E-state index in [1.54, 1.807) is 4.90 Å². The highest BCUT2D eigenvalue weighted by atomic mass is 16.5. The molecule has 3 rings (SSSR count). The molecular weight excluding hydrogens is 308 g/mol. The summed E-state index contributed by atoms with van der Waals surface area (Å²) in [5.41, 5.74) is 1.02. The van der Waals surface area contributed by atoms with E-state index in [0.717, 1.165) is 5.69 Å². The minimum atomic E-state index is -0.872. The molecule has 2 atom stereocenters. The molecule has 1 aromatic carbocycles. The quantitative estimate of drug-likeness (QED) is 0.840. The lowest BCUT2D eigenvalue weighted by Crippen LogP contribution is -2.60. The number of nitrogens with zero attached hydrogens (tertiary/aromatic N) is 2. The number of aliphatic hydroxyl groups is 2. The van der Waals surface area contributed by atoms with Crippen LogP contribution in [0, 0.1) is 0 Å². The molecule has 1 amide bonds. The number of likely N-dealkylation sites (tertiary alicyclic amines) is 1. The molecule has 0 saturated carbocycles. The minimum absolute atomic E-state index is 0.000929. The van der Waals surface area contributed by atoms with Gasteiger partial charge in [-0.2, -0.15) is 0 Å². The Morgan fingerprint density at radius 2 is 1.83 bits per heavy atom. The predicted molar refractivity (Wildman–Crippen MR) is 91.2 cm³/mol. The molecule has 2 saturated heterocycles. The summed E-state index contributed by atoms with van der Waals surface area (Å²) in [4.78, 5) is 16.4. The molecule has 0 radical (unpaired) electrons. The Balaban J connectivity index is 1.65. The van der Waals surface area contributed by atoms with Crippen LogP contribution in [-0.4, -0.2) is 72.6 Å². The molecule has 0 bridgehead atoms. The van der Waals surface area contributed by atoms with Crippen LogP contribution in [0.25, 0.3) is 0 Å². The van der Waals surface area contributed by atoms with Gasteiger partial charge in [-0.15, -0.1) is 0 Å². The molecule has 1 aromatic rings. The number of ether oxygens (including phenoxy) is 1. The number of amides is 1. The Morgan fingerprint density at radius 3 is 2.42 bits per heavy atom. The summed E-state index contributed by atoms with van der Waals surface area (Å²) in [5, 5.41) is 20.2. The van der Waals surface area contributed by atoms with Gasteiger partial charge < -0.3 is 24.7 Å². The molecule has 0 aromatic heterocycles. The van der Waals surface area contributed by atoms with E-state index in [1.807, 2.05) is 43.3 Å². The van der Waals surface area contributed by atoms with E-state index in [-0.39, 0.29) is 5.91 Å². The Morgan fingerprint density at radius 1 is 1.21 bits per heavy atom. The summed E-state index contributed by atoms with van der Waals surface area (Å²) in [7, 11) is 3.93. The molecule has 6 heteroatoms. The zero-order chi connectivity index (χ0) is 17.3. The molecule has 6 nitrogen and oxygen atoms in total. The van der Waals surface area contributed by atoms with Gasteiger partial charge in [0.15, 0.2) is 0 Å². The Kier molecular flexibility index (Phi) is 4.80. The summed E-state index contributed by atoms with van der Waals surface area (Å²) >= 11 is 0. The summed E-state index contributed by atoms with van der Waals surface area (Å²) in [6, 6.07) is 7.56. The van der Waals surface area contributed by atoms with Crippen molar-refractivity contribution in [2.45, 2.75) is 37.1 Å².